The number of amides is 2. The summed E-state index contributed by atoms with van der Waals surface area (Å²) in [6.45, 7) is 0.660. The Morgan fingerprint density at radius 3 is 2.73 bits per heavy atom. The third-order valence-electron chi connectivity index (χ3n) is 2.99. The fourth-order valence-electron chi connectivity index (χ4n) is 1.83. The highest BCUT2D eigenvalue weighted by Gasteiger charge is 2.42. The standard InChI is InChI=1S/C11H15N3O/c12-7-11(4-5-11)8-2-1-3-9(6-8)14-10(13)15/h1-3,6H,4-5,7,12H2,(H3,13,14,15). The van der Waals surface area contributed by atoms with E-state index in [1.165, 1.54) is 5.56 Å². The molecule has 1 aromatic carbocycles. The molecule has 2 amide bonds. The van der Waals surface area contributed by atoms with E-state index >= 15 is 0 Å². The van der Waals surface area contributed by atoms with Crippen LogP contribution in [0.4, 0.5) is 10.5 Å². The molecule has 1 saturated carbocycles. The first-order chi connectivity index (χ1) is 7.16. The second-order valence-electron chi connectivity index (χ2n) is 4.05. The van der Waals surface area contributed by atoms with Crippen molar-refractivity contribution in [2.45, 2.75) is 18.3 Å². The van der Waals surface area contributed by atoms with Gasteiger partial charge in [0.2, 0.25) is 0 Å². The summed E-state index contributed by atoms with van der Waals surface area (Å²) >= 11 is 0. The number of urea groups is 1. The molecule has 5 N–H and O–H groups in total. The minimum atomic E-state index is -0.537. The first-order valence-corrected chi connectivity index (χ1v) is 5.03. The zero-order chi connectivity index (χ0) is 10.9. The molecule has 0 bridgehead atoms. The van der Waals surface area contributed by atoms with Crippen LogP contribution in [0.25, 0.3) is 0 Å². The van der Waals surface area contributed by atoms with Gasteiger partial charge in [-0.15, -0.1) is 0 Å². The SMILES string of the molecule is NCC1(c2cccc(NC(N)=O)c2)CC1. The summed E-state index contributed by atoms with van der Waals surface area (Å²) in [5, 5.41) is 2.57. The Balaban J connectivity index is 2.23. The lowest BCUT2D eigenvalue weighted by atomic mass is 9.96. The van der Waals surface area contributed by atoms with Crippen LogP contribution in [0, 0.1) is 0 Å². The number of rotatable bonds is 3. The Bertz CT molecular complexity index is 385. The maximum atomic E-state index is 10.7. The fourth-order valence-corrected chi connectivity index (χ4v) is 1.83. The molecule has 1 fully saturated rings. The minimum Gasteiger partial charge on any atom is -0.351 e. The van der Waals surface area contributed by atoms with Gasteiger partial charge in [-0.3, -0.25) is 0 Å². The predicted octanol–water partition coefficient (Wildman–Crippen LogP) is 1.17. The lowest BCUT2D eigenvalue weighted by Crippen LogP contribution is -2.21. The van der Waals surface area contributed by atoms with Crippen molar-refractivity contribution in [1.29, 1.82) is 0 Å². The van der Waals surface area contributed by atoms with Gasteiger partial charge in [-0.2, -0.15) is 0 Å². The van der Waals surface area contributed by atoms with Crippen molar-refractivity contribution in [2.75, 3.05) is 11.9 Å². The van der Waals surface area contributed by atoms with E-state index in [4.69, 9.17) is 11.5 Å². The molecule has 80 valence electrons. The zero-order valence-electron chi connectivity index (χ0n) is 8.49. The summed E-state index contributed by atoms with van der Waals surface area (Å²) in [5.41, 5.74) is 12.9. The van der Waals surface area contributed by atoms with E-state index in [1.807, 2.05) is 24.3 Å². The molecule has 0 spiro atoms. The maximum Gasteiger partial charge on any atom is 0.316 e. The van der Waals surface area contributed by atoms with Gasteiger partial charge in [-0.05, 0) is 30.5 Å². The van der Waals surface area contributed by atoms with Crippen LogP contribution in [-0.4, -0.2) is 12.6 Å². The number of primary amides is 1. The van der Waals surface area contributed by atoms with Crippen LogP contribution in [-0.2, 0) is 5.41 Å². The Hall–Kier alpha value is -1.55. The summed E-state index contributed by atoms with van der Waals surface area (Å²) in [6, 6.07) is 7.19. The summed E-state index contributed by atoms with van der Waals surface area (Å²) in [4.78, 5) is 10.7. The molecule has 4 heteroatoms. The van der Waals surface area contributed by atoms with Crippen LogP contribution >= 0.6 is 0 Å². The van der Waals surface area contributed by atoms with Gasteiger partial charge in [0.1, 0.15) is 0 Å². The number of hydrogen-bond acceptors (Lipinski definition) is 2. The van der Waals surface area contributed by atoms with E-state index in [2.05, 4.69) is 5.32 Å². The average molecular weight is 205 g/mol. The van der Waals surface area contributed by atoms with E-state index in [1.54, 1.807) is 0 Å². The first kappa shape index (κ1) is 9.98. The molecule has 2 rings (SSSR count). The quantitative estimate of drug-likeness (QED) is 0.692. The number of carbonyl (C=O) groups is 1. The van der Waals surface area contributed by atoms with Gasteiger partial charge in [0.15, 0.2) is 0 Å². The van der Waals surface area contributed by atoms with Crippen LogP contribution < -0.4 is 16.8 Å². The monoisotopic (exact) mass is 205 g/mol. The van der Waals surface area contributed by atoms with Crippen molar-refractivity contribution in [1.82, 2.24) is 0 Å². The number of anilines is 1. The lowest BCUT2D eigenvalue weighted by Gasteiger charge is -2.13. The van der Waals surface area contributed by atoms with Gasteiger partial charge < -0.3 is 16.8 Å². The molecule has 0 unspecified atom stereocenters. The second kappa shape index (κ2) is 3.55. The van der Waals surface area contributed by atoms with E-state index < -0.39 is 6.03 Å². The number of hydrogen-bond donors (Lipinski definition) is 3. The molecule has 1 aliphatic rings. The van der Waals surface area contributed by atoms with Crippen molar-refractivity contribution in [3.05, 3.63) is 29.8 Å². The average Bonchev–Trinajstić information content (AvgIpc) is 2.97. The molecular weight excluding hydrogens is 190 g/mol. The fraction of sp³-hybridized carbons (Fsp3) is 0.364. The topological polar surface area (TPSA) is 81.1 Å². The molecule has 0 heterocycles. The van der Waals surface area contributed by atoms with Crippen molar-refractivity contribution in [2.24, 2.45) is 11.5 Å². The van der Waals surface area contributed by atoms with Gasteiger partial charge in [0.05, 0.1) is 0 Å². The smallest absolute Gasteiger partial charge is 0.316 e. The number of nitrogens with two attached hydrogens (primary N) is 2. The third kappa shape index (κ3) is 1.94. The molecule has 4 nitrogen and oxygen atoms in total. The van der Waals surface area contributed by atoms with Crippen molar-refractivity contribution in [3.8, 4) is 0 Å². The van der Waals surface area contributed by atoms with Crippen molar-refractivity contribution < 1.29 is 4.79 Å². The molecule has 1 aromatic rings. The number of carbonyl (C=O) groups excluding carboxylic acids is 1. The Labute approximate surface area is 88.6 Å². The summed E-state index contributed by atoms with van der Waals surface area (Å²) in [5.74, 6) is 0. The van der Waals surface area contributed by atoms with Crippen LogP contribution in [0.15, 0.2) is 24.3 Å². The predicted molar refractivity (Wildman–Crippen MR) is 59.6 cm³/mol. The highest BCUT2D eigenvalue weighted by Crippen LogP contribution is 2.47. The van der Waals surface area contributed by atoms with E-state index in [0.29, 0.717) is 6.54 Å². The third-order valence-corrected chi connectivity index (χ3v) is 2.99. The van der Waals surface area contributed by atoms with Gasteiger partial charge >= 0.3 is 6.03 Å². The minimum absolute atomic E-state index is 0.148. The largest absolute Gasteiger partial charge is 0.351 e. The first-order valence-electron chi connectivity index (χ1n) is 5.03. The van der Waals surface area contributed by atoms with Crippen LogP contribution in [0.3, 0.4) is 0 Å². The Kier molecular flexibility index (Phi) is 2.36. The summed E-state index contributed by atoms with van der Waals surface area (Å²) < 4.78 is 0. The number of benzene rings is 1. The van der Waals surface area contributed by atoms with Crippen LogP contribution in [0.1, 0.15) is 18.4 Å². The van der Waals surface area contributed by atoms with Gasteiger partial charge in [-0.25, -0.2) is 4.79 Å². The van der Waals surface area contributed by atoms with Crippen molar-refractivity contribution >= 4 is 11.7 Å². The molecule has 0 atom stereocenters. The Morgan fingerprint density at radius 2 is 2.20 bits per heavy atom. The van der Waals surface area contributed by atoms with Gasteiger partial charge in [-0.1, -0.05) is 12.1 Å². The van der Waals surface area contributed by atoms with E-state index in [0.717, 1.165) is 18.5 Å². The highest BCUT2D eigenvalue weighted by atomic mass is 16.2. The lowest BCUT2D eigenvalue weighted by molar-refractivity contribution is 0.259. The van der Waals surface area contributed by atoms with Gasteiger partial charge in [0, 0.05) is 17.6 Å². The molecule has 15 heavy (non-hydrogen) atoms. The summed E-state index contributed by atoms with van der Waals surface area (Å²) in [7, 11) is 0. The van der Waals surface area contributed by atoms with Crippen LogP contribution in [0.5, 0.6) is 0 Å². The maximum absolute atomic E-state index is 10.7. The molecule has 0 radical (unpaired) electrons. The molecule has 0 aromatic heterocycles. The summed E-state index contributed by atoms with van der Waals surface area (Å²) in [6.07, 6.45) is 2.26. The van der Waals surface area contributed by atoms with Crippen LogP contribution in [0.2, 0.25) is 0 Å². The molecule has 0 saturated heterocycles. The molecule has 0 aliphatic heterocycles. The van der Waals surface area contributed by atoms with E-state index in [-0.39, 0.29) is 5.41 Å². The second-order valence-corrected chi connectivity index (χ2v) is 4.05. The highest BCUT2D eigenvalue weighted by molar-refractivity contribution is 5.87. The molecular formula is C11H15N3O. The van der Waals surface area contributed by atoms with Crippen molar-refractivity contribution in [3.63, 3.8) is 0 Å². The molecule has 1 aliphatic carbocycles. The normalized spacial score (nSPS) is 17.1. The number of nitrogens with one attached hydrogen (secondary N) is 1. The van der Waals surface area contributed by atoms with Gasteiger partial charge in [0.25, 0.3) is 0 Å². The van der Waals surface area contributed by atoms with E-state index in [9.17, 15) is 4.79 Å². The Morgan fingerprint density at radius 1 is 1.47 bits per heavy atom. The zero-order valence-corrected chi connectivity index (χ0v) is 8.49.